The van der Waals surface area contributed by atoms with E-state index in [0.717, 1.165) is 50.0 Å². The molecule has 7 heteroatoms. The first-order chi connectivity index (χ1) is 21.9. The van der Waals surface area contributed by atoms with E-state index in [0.29, 0.717) is 17.0 Å². The first-order valence-corrected chi connectivity index (χ1v) is 14.7. The first-order valence-electron chi connectivity index (χ1n) is 14.7. The maximum absolute atomic E-state index is 13.9. The Bertz CT molecular complexity index is 2220. The molecule has 0 aliphatic carbocycles. The van der Waals surface area contributed by atoms with Gasteiger partial charge in [0.25, 0.3) is 0 Å². The van der Waals surface area contributed by atoms with Crippen LogP contribution in [0, 0.1) is 17.9 Å². The predicted octanol–water partition coefficient (Wildman–Crippen LogP) is 9.77. The van der Waals surface area contributed by atoms with E-state index in [1.54, 1.807) is 12.3 Å². The molecule has 4 heterocycles. The number of rotatable bonds is 3. The van der Waals surface area contributed by atoms with Crippen molar-refractivity contribution in [3.05, 3.63) is 145 Å². The van der Waals surface area contributed by atoms with Crippen LogP contribution in [0.2, 0.25) is 0 Å². The van der Waals surface area contributed by atoms with Gasteiger partial charge in [-0.15, -0.1) is 54.1 Å². The number of nitrogens with zero attached hydrogens (tertiary/aromatic N) is 4. The standard InChI is InChI=1S/C28H21FN3O.C11H8N.Ir/c1-28(2,3)26-24-22(14-15-30-26)32(18-8-5-4-6-9-18)27(31-24)21-11-7-10-20-19-13-12-17(29)16-23(19)33-25(20)21;1-2-6-10(7-3-1)11-8-4-5-9-12-11;/h4-10,12-16H,1-3H3;1-6,8-9H;/q2*-1;. The van der Waals surface area contributed by atoms with E-state index in [4.69, 9.17) is 9.40 Å². The van der Waals surface area contributed by atoms with Crippen LogP contribution in [0.15, 0.2) is 126 Å². The number of aromatic nitrogens is 4. The van der Waals surface area contributed by atoms with Crippen LogP contribution in [0.1, 0.15) is 26.5 Å². The minimum Gasteiger partial charge on any atom is -0.500 e. The van der Waals surface area contributed by atoms with Gasteiger partial charge in [0, 0.05) is 55.1 Å². The summed E-state index contributed by atoms with van der Waals surface area (Å²) in [6.07, 6.45) is 3.62. The summed E-state index contributed by atoms with van der Waals surface area (Å²) in [5.41, 5.74) is 7.41. The van der Waals surface area contributed by atoms with Crippen molar-refractivity contribution in [2.24, 2.45) is 0 Å². The zero-order valence-electron chi connectivity index (χ0n) is 25.5. The number of hydrogen-bond donors (Lipinski definition) is 0. The Morgan fingerprint density at radius 2 is 1.57 bits per heavy atom. The van der Waals surface area contributed by atoms with Crippen LogP contribution in [-0.2, 0) is 25.5 Å². The number of imidazole rings is 1. The molecule has 0 unspecified atom stereocenters. The van der Waals surface area contributed by atoms with Crippen LogP contribution in [0.5, 0.6) is 0 Å². The van der Waals surface area contributed by atoms with Gasteiger partial charge in [-0.1, -0.05) is 62.1 Å². The summed E-state index contributed by atoms with van der Waals surface area (Å²) >= 11 is 0. The summed E-state index contributed by atoms with van der Waals surface area (Å²) in [7, 11) is 0. The van der Waals surface area contributed by atoms with Crippen molar-refractivity contribution in [2.75, 3.05) is 0 Å². The van der Waals surface area contributed by atoms with Gasteiger partial charge in [0.05, 0.1) is 28.1 Å². The molecule has 4 aromatic heterocycles. The molecule has 0 bridgehead atoms. The number of para-hydroxylation sites is 1. The Morgan fingerprint density at radius 3 is 2.30 bits per heavy atom. The second-order valence-electron chi connectivity index (χ2n) is 11.7. The molecule has 0 atom stereocenters. The molecule has 8 rings (SSSR count). The fourth-order valence-corrected chi connectivity index (χ4v) is 5.52. The molecule has 0 saturated heterocycles. The molecule has 8 aromatic rings. The van der Waals surface area contributed by atoms with E-state index in [1.165, 1.54) is 12.1 Å². The average Bonchev–Trinajstić information content (AvgIpc) is 3.64. The van der Waals surface area contributed by atoms with Crippen molar-refractivity contribution in [3.63, 3.8) is 0 Å². The summed E-state index contributed by atoms with van der Waals surface area (Å²) in [6, 6.07) is 40.7. The third-order valence-corrected chi connectivity index (χ3v) is 7.57. The molecule has 4 aromatic carbocycles. The number of benzene rings is 4. The van der Waals surface area contributed by atoms with Crippen LogP contribution in [0.25, 0.3) is 61.3 Å². The van der Waals surface area contributed by atoms with Crippen molar-refractivity contribution in [1.82, 2.24) is 19.5 Å². The maximum Gasteiger partial charge on any atom is 0.126 e. The second-order valence-corrected chi connectivity index (χ2v) is 11.7. The SMILES string of the molecule is CC(C)(C)c1nccc2c1nc(-c1[c-]ccc3c1oc1cc(F)ccc13)n2-c1ccccc1.[Ir].[c-]1ccccc1-c1ccccn1. The van der Waals surface area contributed by atoms with E-state index in [2.05, 4.69) is 59.6 Å². The molecule has 0 saturated carbocycles. The molecule has 46 heavy (non-hydrogen) atoms. The van der Waals surface area contributed by atoms with Gasteiger partial charge in [-0.2, -0.15) is 0 Å². The molecule has 0 fully saturated rings. The largest absolute Gasteiger partial charge is 0.500 e. The van der Waals surface area contributed by atoms with Crippen LogP contribution in [-0.4, -0.2) is 19.5 Å². The number of pyridine rings is 2. The van der Waals surface area contributed by atoms with Crippen LogP contribution < -0.4 is 0 Å². The third-order valence-electron chi connectivity index (χ3n) is 7.57. The fourth-order valence-electron chi connectivity index (χ4n) is 5.52. The van der Waals surface area contributed by atoms with Crippen molar-refractivity contribution in [2.45, 2.75) is 26.2 Å². The van der Waals surface area contributed by atoms with E-state index in [1.807, 2.05) is 85.1 Å². The van der Waals surface area contributed by atoms with Gasteiger partial charge in [0.1, 0.15) is 11.4 Å². The van der Waals surface area contributed by atoms with Crippen molar-refractivity contribution in [3.8, 4) is 28.3 Å². The second kappa shape index (κ2) is 12.8. The van der Waals surface area contributed by atoms with Gasteiger partial charge in [0.2, 0.25) is 0 Å². The third kappa shape index (κ3) is 5.87. The number of fused-ring (bicyclic) bond motifs is 4. The average molecular weight is 781 g/mol. The zero-order chi connectivity index (χ0) is 31.0. The number of hydrogen-bond acceptors (Lipinski definition) is 4. The molecule has 0 aliphatic rings. The van der Waals surface area contributed by atoms with Gasteiger partial charge in [-0.3, -0.25) is 9.97 Å². The van der Waals surface area contributed by atoms with Gasteiger partial charge in [-0.05, 0) is 42.1 Å². The Kier molecular flexibility index (Phi) is 8.63. The summed E-state index contributed by atoms with van der Waals surface area (Å²) < 4.78 is 22.2. The van der Waals surface area contributed by atoms with Crippen LogP contribution in [0.3, 0.4) is 0 Å². The van der Waals surface area contributed by atoms with Crippen LogP contribution in [0.4, 0.5) is 4.39 Å². The molecule has 0 spiro atoms. The van der Waals surface area contributed by atoms with Gasteiger partial charge >= 0.3 is 0 Å². The zero-order valence-corrected chi connectivity index (χ0v) is 27.9. The van der Waals surface area contributed by atoms with Gasteiger partial charge < -0.3 is 14.0 Å². The summed E-state index contributed by atoms with van der Waals surface area (Å²) in [6.45, 7) is 6.41. The topological polar surface area (TPSA) is 56.7 Å². The summed E-state index contributed by atoms with van der Waals surface area (Å²) in [5.74, 6) is 0.379. The van der Waals surface area contributed by atoms with Crippen LogP contribution >= 0.6 is 0 Å². The smallest absolute Gasteiger partial charge is 0.126 e. The number of halogens is 1. The van der Waals surface area contributed by atoms with E-state index >= 15 is 0 Å². The Morgan fingerprint density at radius 1 is 0.761 bits per heavy atom. The Hall–Kier alpha value is -4.97. The molecule has 0 aliphatic heterocycles. The predicted molar refractivity (Wildman–Crippen MR) is 178 cm³/mol. The monoisotopic (exact) mass is 781 g/mol. The van der Waals surface area contributed by atoms with Gasteiger partial charge in [-0.25, -0.2) is 4.39 Å². The molecular weight excluding hydrogens is 752 g/mol. The molecule has 5 nitrogen and oxygen atoms in total. The summed E-state index contributed by atoms with van der Waals surface area (Å²) in [5, 5.41) is 1.76. The molecule has 0 amide bonds. The Balaban J connectivity index is 0.000000241. The fraction of sp³-hybridized carbons (Fsp3) is 0.103. The van der Waals surface area contributed by atoms with Gasteiger partial charge in [0.15, 0.2) is 0 Å². The van der Waals surface area contributed by atoms with Crippen molar-refractivity contribution in [1.29, 1.82) is 0 Å². The molecule has 229 valence electrons. The normalized spacial score (nSPS) is 11.3. The quantitative estimate of drug-likeness (QED) is 0.168. The minimum atomic E-state index is -0.329. The van der Waals surface area contributed by atoms with E-state index < -0.39 is 0 Å². The molecule has 1 radical (unpaired) electrons. The number of furan rings is 1. The Labute approximate surface area is 280 Å². The van der Waals surface area contributed by atoms with E-state index in [-0.39, 0.29) is 31.3 Å². The van der Waals surface area contributed by atoms with Crippen molar-refractivity contribution < 1.29 is 28.9 Å². The van der Waals surface area contributed by atoms with Crippen molar-refractivity contribution >= 4 is 33.0 Å². The molecular formula is C39H29FIrN4O-2. The summed E-state index contributed by atoms with van der Waals surface area (Å²) in [4.78, 5) is 14.0. The molecule has 0 N–H and O–H groups in total. The first kappa shape index (κ1) is 31.0. The van der Waals surface area contributed by atoms with E-state index in [9.17, 15) is 4.39 Å². The minimum absolute atomic E-state index is 0. The maximum atomic E-state index is 13.9.